The highest BCUT2D eigenvalue weighted by Gasteiger charge is 2.42. The summed E-state index contributed by atoms with van der Waals surface area (Å²) < 4.78 is 0. The number of hydrogen-bond donors (Lipinski definition) is 3. The molecule has 0 aliphatic carbocycles. The van der Waals surface area contributed by atoms with Crippen molar-refractivity contribution in [2.75, 3.05) is 0 Å². The van der Waals surface area contributed by atoms with Gasteiger partial charge < -0.3 is 0 Å². The number of aryl methyl sites for hydroxylation is 2. The number of rotatable bonds is 6. The first-order valence-corrected chi connectivity index (χ1v) is 9.17. The second-order valence-corrected chi connectivity index (χ2v) is 7.16. The summed E-state index contributed by atoms with van der Waals surface area (Å²) in [4.78, 5) is 49.9. The minimum Gasteiger partial charge on any atom is -0.295 e. The quantitative estimate of drug-likeness (QED) is 0.657. The predicted molar refractivity (Wildman–Crippen MR) is 107 cm³/mol. The molecule has 0 saturated carbocycles. The molecule has 0 radical (unpaired) electrons. The zero-order valence-corrected chi connectivity index (χ0v) is 16.1. The Kier molecular flexibility index (Phi) is 5.68. The Hall–Kier alpha value is -3.61. The van der Waals surface area contributed by atoms with Gasteiger partial charge in [-0.2, -0.15) is 0 Å². The maximum Gasteiger partial charge on any atom is 0.326 e. The summed E-state index contributed by atoms with van der Waals surface area (Å²) in [5.41, 5.74) is 2.72. The number of Topliss-reactive ketones (excluding diaryl/α,β-unsaturated/α-hetero) is 2. The Morgan fingerprint density at radius 3 is 1.93 bits per heavy atom. The van der Waals surface area contributed by atoms with Crippen molar-refractivity contribution in [3.63, 3.8) is 0 Å². The van der Waals surface area contributed by atoms with Crippen LogP contribution in [0.5, 0.6) is 0 Å². The highest BCUT2D eigenvalue weighted by Crippen LogP contribution is 2.26. The SMILES string of the molecule is Cc1ccc(C(=O)CC(C(=O)c2ccc(C)cc2)C2C(=N)NC(=O)NC2=O)cc1. The first kappa shape index (κ1) is 20.1. The largest absolute Gasteiger partial charge is 0.326 e. The monoisotopic (exact) mass is 391 g/mol. The summed E-state index contributed by atoms with van der Waals surface area (Å²) in [6.07, 6.45) is -0.258. The van der Waals surface area contributed by atoms with Crippen LogP contribution in [-0.4, -0.2) is 29.3 Å². The van der Waals surface area contributed by atoms with E-state index in [9.17, 15) is 19.2 Å². The number of amides is 3. The first-order chi connectivity index (χ1) is 13.8. The summed E-state index contributed by atoms with van der Waals surface area (Å²) >= 11 is 0. The van der Waals surface area contributed by atoms with Gasteiger partial charge in [0.05, 0.1) is 0 Å². The van der Waals surface area contributed by atoms with Crippen LogP contribution in [0.3, 0.4) is 0 Å². The van der Waals surface area contributed by atoms with Gasteiger partial charge in [-0.15, -0.1) is 0 Å². The lowest BCUT2D eigenvalue weighted by molar-refractivity contribution is -0.123. The number of urea groups is 1. The van der Waals surface area contributed by atoms with Crippen molar-refractivity contribution in [1.82, 2.24) is 10.6 Å². The van der Waals surface area contributed by atoms with Crippen molar-refractivity contribution in [3.05, 3.63) is 70.8 Å². The molecule has 1 heterocycles. The standard InChI is InChI=1S/C22H21N3O4/c1-12-3-7-14(8-4-12)17(26)11-16(18-20(23)24-22(29)25-21(18)28)19(27)15-9-5-13(2)6-10-15/h3-10,16,18H,11H2,1-2H3,(H3,23,24,25,28,29). The van der Waals surface area contributed by atoms with Gasteiger partial charge >= 0.3 is 6.03 Å². The maximum atomic E-state index is 13.2. The van der Waals surface area contributed by atoms with Crippen LogP contribution < -0.4 is 10.6 Å². The van der Waals surface area contributed by atoms with E-state index in [-0.39, 0.29) is 18.0 Å². The summed E-state index contributed by atoms with van der Waals surface area (Å²) in [7, 11) is 0. The number of imide groups is 1. The normalized spacial score (nSPS) is 17.3. The molecule has 0 bridgehead atoms. The average molecular weight is 391 g/mol. The van der Waals surface area contributed by atoms with Crippen LogP contribution in [0.15, 0.2) is 48.5 Å². The van der Waals surface area contributed by atoms with E-state index in [1.165, 1.54) is 0 Å². The Labute approximate surface area is 168 Å². The van der Waals surface area contributed by atoms with E-state index in [0.29, 0.717) is 11.1 Å². The minimum atomic E-state index is -1.25. The third-order valence-corrected chi connectivity index (χ3v) is 4.93. The molecule has 7 nitrogen and oxygen atoms in total. The van der Waals surface area contributed by atoms with Gasteiger partial charge in [-0.3, -0.25) is 30.4 Å². The molecule has 3 N–H and O–H groups in total. The molecule has 29 heavy (non-hydrogen) atoms. The summed E-state index contributed by atoms with van der Waals surface area (Å²) in [6, 6.07) is 12.9. The molecule has 7 heteroatoms. The van der Waals surface area contributed by atoms with E-state index in [1.54, 1.807) is 48.5 Å². The van der Waals surface area contributed by atoms with E-state index in [1.807, 2.05) is 13.8 Å². The zero-order valence-electron chi connectivity index (χ0n) is 16.1. The summed E-state index contributed by atoms with van der Waals surface area (Å²) in [5.74, 6) is -4.25. The molecule has 2 atom stereocenters. The number of carbonyl (C=O) groups is 4. The molecule has 2 aromatic rings. The molecule has 0 aromatic heterocycles. The fourth-order valence-corrected chi connectivity index (χ4v) is 3.29. The van der Waals surface area contributed by atoms with Gasteiger partial charge in [-0.05, 0) is 13.8 Å². The Bertz CT molecular complexity index is 974. The zero-order chi connectivity index (χ0) is 21.1. The topological polar surface area (TPSA) is 116 Å². The highest BCUT2D eigenvalue weighted by molar-refractivity contribution is 6.20. The molecule has 148 valence electrons. The molecule has 3 rings (SSSR count). The summed E-state index contributed by atoms with van der Waals surface area (Å²) in [6.45, 7) is 3.78. The van der Waals surface area contributed by atoms with E-state index in [2.05, 4.69) is 10.6 Å². The molecular weight excluding hydrogens is 370 g/mol. The molecule has 2 aromatic carbocycles. The van der Waals surface area contributed by atoms with E-state index < -0.39 is 29.6 Å². The predicted octanol–water partition coefficient (Wildman–Crippen LogP) is 2.81. The second kappa shape index (κ2) is 8.18. The van der Waals surface area contributed by atoms with Crippen molar-refractivity contribution in [3.8, 4) is 0 Å². The van der Waals surface area contributed by atoms with E-state index in [0.717, 1.165) is 11.1 Å². The van der Waals surface area contributed by atoms with Crippen molar-refractivity contribution in [2.45, 2.75) is 20.3 Å². The third-order valence-electron chi connectivity index (χ3n) is 4.93. The van der Waals surface area contributed by atoms with Crippen molar-refractivity contribution in [2.24, 2.45) is 11.8 Å². The molecule has 1 fully saturated rings. The van der Waals surface area contributed by atoms with Gasteiger partial charge in [0.1, 0.15) is 11.8 Å². The number of carbonyl (C=O) groups excluding carboxylic acids is 4. The average Bonchev–Trinajstić information content (AvgIpc) is 2.67. The third kappa shape index (κ3) is 4.45. The number of benzene rings is 2. The molecule has 2 unspecified atom stereocenters. The van der Waals surface area contributed by atoms with Crippen LogP contribution in [0.4, 0.5) is 4.79 Å². The maximum absolute atomic E-state index is 13.2. The van der Waals surface area contributed by atoms with Crippen LogP contribution >= 0.6 is 0 Å². The second-order valence-electron chi connectivity index (χ2n) is 7.16. The van der Waals surface area contributed by atoms with Gasteiger partial charge in [0.2, 0.25) is 5.91 Å². The molecule has 0 spiro atoms. The van der Waals surface area contributed by atoms with Gasteiger partial charge in [0.15, 0.2) is 11.6 Å². The van der Waals surface area contributed by atoms with Gasteiger partial charge in [0, 0.05) is 23.5 Å². The molecule has 3 amide bonds. The van der Waals surface area contributed by atoms with E-state index in [4.69, 9.17) is 5.41 Å². The lowest BCUT2D eigenvalue weighted by atomic mass is 9.79. The van der Waals surface area contributed by atoms with Crippen LogP contribution in [0.25, 0.3) is 0 Å². The van der Waals surface area contributed by atoms with Crippen LogP contribution in [0.2, 0.25) is 0 Å². The number of ketones is 2. The Morgan fingerprint density at radius 2 is 1.41 bits per heavy atom. The van der Waals surface area contributed by atoms with Gasteiger partial charge in [-0.1, -0.05) is 59.7 Å². The number of hydrogen-bond acceptors (Lipinski definition) is 5. The van der Waals surface area contributed by atoms with Crippen LogP contribution in [0.1, 0.15) is 38.3 Å². The first-order valence-electron chi connectivity index (χ1n) is 9.17. The van der Waals surface area contributed by atoms with Crippen molar-refractivity contribution < 1.29 is 19.2 Å². The smallest absolute Gasteiger partial charge is 0.295 e. The Balaban J connectivity index is 1.95. The van der Waals surface area contributed by atoms with Gasteiger partial charge in [0.25, 0.3) is 0 Å². The lowest BCUT2D eigenvalue weighted by Crippen LogP contribution is -2.58. The minimum absolute atomic E-state index is 0.258. The van der Waals surface area contributed by atoms with Crippen LogP contribution in [-0.2, 0) is 4.79 Å². The number of amidine groups is 1. The van der Waals surface area contributed by atoms with Crippen LogP contribution in [0, 0.1) is 31.1 Å². The van der Waals surface area contributed by atoms with Gasteiger partial charge in [-0.25, -0.2) is 4.79 Å². The van der Waals surface area contributed by atoms with Crippen molar-refractivity contribution >= 4 is 29.3 Å². The Morgan fingerprint density at radius 1 is 0.897 bits per heavy atom. The lowest BCUT2D eigenvalue weighted by Gasteiger charge is -2.29. The molecular formula is C22H21N3O4. The summed E-state index contributed by atoms with van der Waals surface area (Å²) in [5, 5.41) is 12.4. The molecule has 1 saturated heterocycles. The van der Waals surface area contributed by atoms with Crippen molar-refractivity contribution in [1.29, 1.82) is 5.41 Å². The number of nitrogens with one attached hydrogen (secondary N) is 3. The highest BCUT2D eigenvalue weighted by atomic mass is 16.2. The fraction of sp³-hybridized carbons (Fsp3) is 0.227. The molecule has 1 aliphatic heterocycles. The molecule has 1 aliphatic rings. The fourth-order valence-electron chi connectivity index (χ4n) is 3.29. The van der Waals surface area contributed by atoms with E-state index >= 15 is 0 Å².